The van der Waals surface area contributed by atoms with Crippen LogP contribution in [0.25, 0.3) is 0 Å². The Kier molecular flexibility index (Phi) is 4.83. The summed E-state index contributed by atoms with van der Waals surface area (Å²) in [6.07, 6.45) is 0. The van der Waals surface area contributed by atoms with Crippen molar-refractivity contribution in [1.82, 2.24) is 0 Å². The molecule has 0 aliphatic carbocycles. The zero-order valence-electron chi connectivity index (χ0n) is 9.83. The lowest BCUT2D eigenvalue weighted by Gasteiger charge is -2.09. The molecule has 0 fully saturated rings. The Balaban J connectivity index is 3.34. The third-order valence-electron chi connectivity index (χ3n) is 2.09. The molecule has 0 amide bonds. The number of carboxylic acid groups (broad SMARTS) is 1. The van der Waals surface area contributed by atoms with Crippen LogP contribution in [0.15, 0.2) is 28.0 Å². The Bertz CT molecular complexity index is 685. The molecule has 0 aliphatic heterocycles. The van der Waals surface area contributed by atoms with Crippen LogP contribution in [0.2, 0.25) is 0 Å². The van der Waals surface area contributed by atoms with Gasteiger partial charge < -0.3 is 5.11 Å². The minimum Gasteiger partial charge on any atom is -0.481 e. The van der Waals surface area contributed by atoms with Crippen LogP contribution in [0.3, 0.4) is 0 Å². The van der Waals surface area contributed by atoms with Crippen LogP contribution < -0.4 is 0 Å². The number of thioether (sulfide) groups is 1. The second-order valence-electron chi connectivity index (χ2n) is 3.52. The number of halogens is 3. The first-order chi connectivity index (χ1) is 9.46. The summed E-state index contributed by atoms with van der Waals surface area (Å²) in [4.78, 5) is 18.5. The average Bonchev–Trinajstić information content (AvgIpc) is 2.34. The Morgan fingerprint density at radius 2 is 1.95 bits per heavy atom. The van der Waals surface area contributed by atoms with E-state index in [1.165, 1.54) is 0 Å². The normalized spacial score (nSPS) is 12.1. The lowest BCUT2D eigenvalue weighted by atomic mass is 10.3. The summed E-state index contributed by atoms with van der Waals surface area (Å²) in [5.74, 6) is -1.85. The number of nitro groups is 1. The van der Waals surface area contributed by atoms with Gasteiger partial charge in [-0.1, -0.05) is 0 Å². The van der Waals surface area contributed by atoms with Gasteiger partial charge in [-0.25, -0.2) is 8.42 Å². The molecule has 1 aromatic carbocycles. The molecule has 7 nitrogen and oxygen atoms in total. The summed E-state index contributed by atoms with van der Waals surface area (Å²) in [6, 6.07) is 1.57. The van der Waals surface area contributed by atoms with Crippen LogP contribution in [-0.2, 0) is 14.6 Å². The molecule has 116 valence electrons. The Labute approximate surface area is 119 Å². The molecule has 0 aromatic heterocycles. The zero-order valence-corrected chi connectivity index (χ0v) is 11.5. The maximum atomic E-state index is 12.4. The number of nitrogens with zero attached hydrogens (tertiary/aromatic N) is 1. The maximum Gasteiger partial charge on any atom is 0.501 e. The van der Waals surface area contributed by atoms with E-state index in [4.69, 9.17) is 5.11 Å². The van der Waals surface area contributed by atoms with E-state index >= 15 is 0 Å². The van der Waals surface area contributed by atoms with E-state index in [2.05, 4.69) is 0 Å². The van der Waals surface area contributed by atoms with E-state index in [1.807, 2.05) is 0 Å². The fourth-order valence-electron chi connectivity index (χ4n) is 1.20. The second-order valence-corrected chi connectivity index (χ2v) is 6.48. The van der Waals surface area contributed by atoms with Crippen molar-refractivity contribution in [2.24, 2.45) is 0 Å². The Hall–Kier alpha value is -1.82. The van der Waals surface area contributed by atoms with Crippen molar-refractivity contribution in [2.45, 2.75) is 15.3 Å². The summed E-state index contributed by atoms with van der Waals surface area (Å²) in [5, 5.41) is 19.2. The maximum absolute atomic E-state index is 12.4. The molecule has 0 bridgehead atoms. The first-order valence-corrected chi connectivity index (χ1v) is 7.38. The van der Waals surface area contributed by atoms with Crippen molar-refractivity contribution in [1.29, 1.82) is 0 Å². The summed E-state index contributed by atoms with van der Waals surface area (Å²) in [5.41, 5.74) is -6.50. The van der Waals surface area contributed by atoms with Crippen LogP contribution in [0, 0.1) is 10.1 Å². The molecule has 0 atom stereocenters. The van der Waals surface area contributed by atoms with Crippen molar-refractivity contribution in [3.8, 4) is 0 Å². The molecule has 1 aromatic rings. The summed E-state index contributed by atoms with van der Waals surface area (Å²) in [7, 11) is -5.71. The zero-order chi connectivity index (χ0) is 16.4. The number of nitro benzene ring substituents is 1. The number of sulfone groups is 1. The summed E-state index contributed by atoms with van der Waals surface area (Å²) >= 11 is 0.493. The number of carbonyl (C=O) groups is 1. The molecule has 1 N–H and O–H groups in total. The van der Waals surface area contributed by atoms with Crippen molar-refractivity contribution >= 4 is 33.3 Å². The van der Waals surface area contributed by atoms with Gasteiger partial charge in [0.05, 0.1) is 20.5 Å². The van der Waals surface area contributed by atoms with Crippen LogP contribution in [0.5, 0.6) is 0 Å². The smallest absolute Gasteiger partial charge is 0.481 e. The highest BCUT2D eigenvalue weighted by molar-refractivity contribution is 8.00. The van der Waals surface area contributed by atoms with Crippen LogP contribution in [0.4, 0.5) is 18.9 Å². The van der Waals surface area contributed by atoms with Crippen molar-refractivity contribution in [2.75, 3.05) is 5.75 Å². The Morgan fingerprint density at radius 1 is 1.38 bits per heavy atom. The first-order valence-electron chi connectivity index (χ1n) is 4.91. The van der Waals surface area contributed by atoms with Gasteiger partial charge in [-0.3, -0.25) is 14.9 Å². The minimum absolute atomic E-state index is 0.247. The number of rotatable bonds is 5. The molecule has 21 heavy (non-hydrogen) atoms. The van der Waals surface area contributed by atoms with E-state index < -0.39 is 42.6 Å². The molecular weight excluding hydrogens is 339 g/mol. The van der Waals surface area contributed by atoms with Crippen molar-refractivity contribution in [3.05, 3.63) is 28.3 Å². The van der Waals surface area contributed by atoms with Crippen LogP contribution >= 0.6 is 11.8 Å². The monoisotopic (exact) mass is 345 g/mol. The number of hydrogen-bond donors (Lipinski definition) is 1. The Morgan fingerprint density at radius 3 is 2.38 bits per heavy atom. The van der Waals surface area contributed by atoms with Gasteiger partial charge >= 0.3 is 11.5 Å². The largest absolute Gasteiger partial charge is 0.501 e. The average molecular weight is 345 g/mol. The van der Waals surface area contributed by atoms with Gasteiger partial charge in [0.15, 0.2) is 0 Å². The van der Waals surface area contributed by atoms with E-state index in [0.717, 1.165) is 6.07 Å². The highest BCUT2D eigenvalue weighted by Crippen LogP contribution is 2.36. The quantitative estimate of drug-likeness (QED) is 0.493. The van der Waals surface area contributed by atoms with Gasteiger partial charge in [-0.2, -0.15) is 13.2 Å². The molecule has 0 unspecified atom stereocenters. The molecule has 0 saturated heterocycles. The highest BCUT2D eigenvalue weighted by Gasteiger charge is 2.47. The molecule has 0 aliphatic rings. The van der Waals surface area contributed by atoms with Crippen LogP contribution in [-0.4, -0.2) is 35.7 Å². The molecular formula is C9H6F3NO6S2. The van der Waals surface area contributed by atoms with Crippen molar-refractivity contribution in [3.63, 3.8) is 0 Å². The molecule has 0 saturated carbocycles. The van der Waals surface area contributed by atoms with E-state index in [-0.39, 0.29) is 11.0 Å². The van der Waals surface area contributed by atoms with Gasteiger partial charge in [0, 0.05) is 6.07 Å². The van der Waals surface area contributed by atoms with E-state index in [1.54, 1.807) is 0 Å². The van der Waals surface area contributed by atoms with Gasteiger partial charge in [0.1, 0.15) is 0 Å². The van der Waals surface area contributed by atoms with Gasteiger partial charge in [-0.05, 0) is 12.1 Å². The molecule has 0 spiro atoms. The molecule has 1 rings (SSSR count). The van der Waals surface area contributed by atoms with Crippen LogP contribution in [0.1, 0.15) is 0 Å². The second kappa shape index (κ2) is 5.89. The summed E-state index contributed by atoms with van der Waals surface area (Å²) in [6.45, 7) is 0. The van der Waals surface area contributed by atoms with Gasteiger partial charge in [-0.15, -0.1) is 11.8 Å². The van der Waals surface area contributed by atoms with Crippen molar-refractivity contribution < 1.29 is 36.4 Å². The van der Waals surface area contributed by atoms with E-state index in [0.29, 0.717) is 17.8 Å². The number of alkyl halides is 3. The lowest BCUT2D eigenvalue weighted by molar-refractivity contribution is -0.388. The van der Waals surface area contributed by atoms with Gasteiger partial charge in [0.25, 0.3) is 15.5 Å². The summed E-state index contributed by atoms with van der Waals surface area (Å²) < 4.78 is 59.4. The molecule has 0 heterocycles. The topological polar surface area (TPSA) is 115 Å². The number of benzene rings is 1. The molecule has 0 radical (unpaired) electrons. The standard InChI is InChI=1S/C9H6F3NO6S2/c10-9(11,12)21(18,19)5-1-2-7(20-4-8(14)15)6(3-5)13(16)17/h1-3H,4H2,(H,14,15). The minimum atomic E-state index is -5.71. The fraction of sp³-hybridized carbons (Fsp3) is 0.222. The third kappa shape index (κ3) is 3.85. The predicted octanol–water partition coefficient (Wildman–Crippen LogP) is 2.07. The first kappa shape index (κ1) is 17.2. The number of carboxylic acids is 1. The predicted molar refractivity (Wildman–Crippen MR) is 64.7 cm³/mol. The highest BCUT2D eigenvalue weighted by atomic mass is 32.2. The molecule has 12 heteroatoms. The number of aliphatic carboxylic acids is 1. The van der Waals surface area contributed by atoms with Gasteiger partial charge in [0.2, 0.25) is 0 Å². The SMILES string of the molecule is O=C(O)CSc1ccc(S(=O)(=O)C(F)(F)F)cc1[N+](=O)[O-]. The van der Waals surface area contributed by atoms with E-state index in [9.17, 15) is 36.5 Å². The third-order valence-corrected chi connectivity index (χ3v) is 4.62. The lowest BCUT2D eigenvalue weighted by Crippen LogP contribution is -2.23. The fourth-order valence-corrected chi connectivity index (χ4v) is 2.71. The number of hydrogen-bond acceptors (Lipinski definition) is 6.